The van der Waals surface area contributed by atoms with Gasteiger partial charge in [0.2, 0.25) is 27.7 Å². The Bertz CT molecular complexity index is 1680. The third-order valence-electron chi connectivity index (χ3n) is 10.2. The highest BCUT2D eigenvalue weighted by atomic mass is 32.2. The Morgan fingerprint density at radius 3 is 2.70 bits per heavy atom. The van der Waals surface area contributed by atoms with Gasteiger partial charge >= 0.3 is 0 Å². The van der Waals surface area contributed by atoms with Crippen molar-refractivity contribution < 1.29 is 32.3 Å². The van der Waals surface area contributed by atoms with Gasteiger partial charge in [0.05, 0.1) is 24.9 Å². The number of sulfonamides is 1. The minimum atomic E-state index is -3.84. The number of amides is 3. The number of hydrogen-bond acceptors (Lipinski definition) is 9. The van der Waals surface area contributed by atoms with Crippen LogP contribution in [0.4, 0.5) is 0 Å². The van der Waals surface area contributed by atoms with Crippen LogP contribution in [0.3, 0.4) is 0 Å². The lowest BCUT2D eigenvalue weighted by molar-refractivity contribution is -0.141. The molecule has 2 aromatic rings. The number of hydrogen-bond donors (Lipinski definition) is 3. The summed E-state index contributed by atoms with van der Waals surface area (Å²) in [6.07, 6.45) is 9.46. The SMILES string of the molecule is CC[C@@H]1C[C@H](C)CC/C=C\[C@@H]2C[C@@]2(C(=O)NS(=O)(=O)C2CC2)NC(=O)[C@@H]2C[C@@H](Oc3nccc4cc(OC)ccc34)CN2C(=O)[C@H]1N. The van der Waals surface area contributed by atoms with Crippen LogP contribution < -0.4 is 25.2 Å². The van der Waals surface area contributed by atoms with E-state index in [1.165, 1.54) is 4.90 Å². The normalized spacial score (nSPS) is 32.3. The van der Waals surface area contributed by atoms with Crippen molar-refractivity contribution in [3.8, 4) is 11.6 Å². The zero-order valence-corrected chi connectivity index (χ0v) is 28.0. The molecule has 0 radical (unpaired) electrons. The van der Waals surface area contributed by atoms with E-state index in [1.54, 1.807) is 13.3 Å². The predicted octanol–water partition coefficient (Wildman–Crippen LogP) is 2.80. The van der Waals surface area contributed by atoms with Crippen molar-refractivity contribution in [2.75, 3.05) is 13.7 Å². The number of ether oxygens (including phenoxy) is 2. The van der Waals surface area contributed by atoms with E-state index >= 15 is 0 Å². The molecular formula is C34H45N5O7S. The van der Waals surface area contributed by atoms with Crippen LogP contribution in [-0.4, -0.2) is 78.7 Å². The van der Waals surface area contributed by atoms with E-state index in [2.05, 4.69) is 21.9 Å². The number of nitrogens with two attached hydrogens (primary N) is 1. The predicted molar refractivity (Wildman–Crippen MR) is 176 cm³/mol. The van der Waals surface area contributed by atoms with Crippen molar-refractivity contribution in [3.63, 3.8) is 0 Å². The third-order valence-corrected chi connectivity index (χ3v) is 12.1. The van der Waals surface area contributed by atoms with E-state index in [9.17, 15) is 22.8 Å². The zero-order chi connectivity index (χ0) is 33.5. The molecule has 1 aromatic carbocycles. The first-order chi connectivity index (χ1) is 22.5. The van der Waals surface area contributed by atoms with Crippen LogP contribution >= 0.6 is 0 Å². The second kappa shape index (κ2) is 13.1. The lowest BCUT2D eigenvalue weighted by atomic mass is 9.85. The van der Waals surface area contributed by atoms with Crippen LogP contribution in [0.25, 0.3) is 10.8 Å². The summed E-state index contributed by atoms with van der Waals surface area (Å²) in [5.41, 5.74) is 5.23. The van der Waals surface area contributed by atoms with Gasteiger partial charge in [0, 0.05) is 23.9 Å². The van der Waals surface area contributed by atoms with Crippen LogP contribution in [0.1, 0.15) is 65.2 Å². The molecule has 3 fully saturated rings. The minimum Gasteiger partial charge on any atom is -0.497 e. The molecule has 47 heavy (non-hydrogen) atoms. The highest BCUT2D eigenvalue weighted by molar-refractivity contribution is 7.91. The van der Waals surface area contributed by atoms with E-state index in [-0.39, 0.29) is 37.1 Å². The molecule has 12 nitrogen and oxygen atoms in total. The molecule has 4 aliphatic rings. The van der Waals surface area contributed by atoms with Crippen LogP contribution in [0.5, 0.6) is 11.6 Å². The molecule has 254 valence electrons. The van der Waals surface area contributed by atoms with Gasteiger partial charge in [-0.25, -0.2) is 13.4 Å². The number of carbonyl (C=O) groups excluding carboxylic acids is 3. The Hall–Kier alpha value is -3.71. The van der Waals surface area contributed by atoms with Gasteiger partial charge in [0.15, 0.2) is 0 Å². The van der Waals surface area contributed by atoms with Crippen LogP contribution in [0.2, 0.25) is 0 Å². The van der Waals surface area contributed by atoms with Crippen molar-refractivity contribution in [2.24, 2.45) is 23.5 Å². The Balaban J connectivity index is 1.30. The van der Waals surface area contributed by atoms with Crippen molar-refractivity contribution in [3.05, 3.63) is 42.6 Å². The zero-order valence-electron chi connectivity index (χ0n) is 27.2. The summed E-state index contributed by atoms with van der Waals surface area (Å²) in [5, 5.41) is 3.93. The molecule has 1 saturated heterocycles. The van der Waals surface area contributed by atoms with Gasteiger partial charge in [-0.3, -0.25) is 19.1 Å². The number of nitrogens with one attached hydrogen (secondary N) is 2. The smallest absolute Gasteiger partial charge is 0.259 e. The Morgan fingerprint density at radius 2 is 1.98 bits per heavy atom. The number of nitrogens with zero attached hydrogens (tertiary/aromatic N) is 2. The molecule has 2 saturated carbocycles. The summed E-state index contributed by atoms with van der Waals surface area (Å²) in [5.74, 6) is -0.737. The van der Waals surface area contributed by atoms with Gasteiger partial charge in [0.1, 0.15) is 23.4 Å². The molecule has 6 rings (SSSR count). The number of methoxy groups -OCH3 is 1. The van der Waals surface area contributed by atoms with E-state index in [0.717, 1.165) is 30.0 Å². The molecule has 3 heterocycles. The quantitative estimate of drug-likeness (QED) is 0.376. The molecule has 13 heteroatoms. The second-order valence-electron chi connectivity index (χ2n) is 13.7. The Morgan fingerprint density at radius 1 is 1.19 bits per heavy atom. The standard InChI is InChI=1S/C34H45N5O7S/c1-4-21-15-20(2)7-5-6-8-23-18-34(23,33(42)38-47(43,44)26-10-11-26)37-30(40)28-17-25(19-39(28)32(41)29(21)35)46-31-27-12-9-24(45-3)16-22(27)13-14-36-31/h6,8-9,12-14,16,20-21,23,25-26,28-29H,4-5,7,10-11,15,17-19,35H2,1-3H3,(H,37,40)(H,38,42)/b8-6-/t20-,21-,23-,25-,28+,29+,34-/m1/s1. The molecule has 2 aliphatic heterocycles. The van der Waals surface area contributed by atoms with Crippen molar-refractivity contribution in [1.82, 2.24) is 19.9 Å². The molecule has 3 amide bonds. The first kappa shape index (κ1) is 33.2. The number of aromatic nitrogens is 1. The summed E-state index contributed by atoms with van der Waals surface area (Å²) < 4.78 is 39.4. The highest BCUT2D eigenvalue weighted by Gasteiger charge is 2.62. The van der Waals surface area contributed by atoms with E-state index in [4.69, 9.17) is 15.2 Å². The van der Waals surface area contributed by atoms with Gasteiger partial charge in [-0.1, -0.05) is 32.4 Å². The lowest BCUT2D eigenvalue weighted by Crippen LogP contribution is -2.58. The summed E-state index contributed by atoms with van der Waals surface area (Å²) >= 11 is 0. The van der Waals surface area contributed by atoms with Crippen molar-refractivity contribution in [2.45, 2.75) is 94.2 Å². The molecule has 4 N–H and O–H groups in total. The first-order valence-electron chi connectivity index (χ1n) is 16.7. The maximum atomic E-state index is 14.1. The maximum absolute atomic E-state index is 14.1. The molecule has 0 unspecified atom stereocenters. The van der Waals surface area contributed by atoms with Crippen molar-refractivity contribution >= 4 is 38.5 Å². The average Bonchev–Trinajstić information content (AvgIpc) is 3.98. The van der Waals surface area contributed by atoms with Gasteiger partial charge in [-0.2, -0.15) is 0 Å². The molecule has 7 atom stereocenters. The highest BCUT2D eigenvalue weighted by Crippen LogP contribution is 2.46. The largest absolute Gasteiger partial charge is 0.497 e. The first-order valence-corrected chi connectivity index (χ1v) is 18.2. The monoisotopic (exact) mass is 667 g/mol. The fraction of sp³-hybridized carbons (Fsp3) is 0.588. The van der Waals surface area contributed by atoms with Crippen LogP contribution in [0.15, 0.2) is 42.6 Å². The number of carbonyl (C=O) groups is 3. The van der Waals surface area contributed by atoms with Gasteiger partial charge in [-0.05, 0) is 80.0 Å². The van der Waals surface area contributed by atoms with E-state index in [0.29, 0.717) is 36.8 Å². The van der Waals surface area contributed by atoms with Crippen LogP contribution in [0, 0.1) is 17.8 Å². The summed E-state index contributed by atoms with van der Waals surface area (Å²) in [6.45, 7) is 4.26. The fourth-order valence-electron chi connectivity index (χ4n) is 7.09. The van der Waals surface area contributed by atoms with Crippen molar-refractivity contribution in [1.29, 1.82) is 0 Å². The molecule has 0 bridgehead atoms. The van der Waals surface area contributed by atoms with E-state index < -0.39 is 50.8 Å². The Kier molecular flexibility index (Phi) is 9.23. The minimum absolute atomic E-state index is 0.0804. The van der Waals surface area contributed by atoms with Gasteiger partial charge < -0.3 is 25.4 Å². The molecule has 1 aromatic heterocycles. The third kappa shape index (κ3) is 6.83. The number of rotatable bonds is 7. The van der Waals surface area contributed by atoms with E-state index in [1.807, 2.05) is 43.3 Å². The fourth-order valence-corrected chi connectivity index (χ4v) is 8.45. The maximum Gasteiger partial charge on any atom is 0.259 e. The Labute approximate surface area is 275 Å². The summed E-state index contributed by atoms with van der Waals surface area (Å²) in [7, 11) is -2.24. The number of pyridine rings is 1. The summed E-state index contributed by atoms with van der Waals surface area (Å²) in [4.78, 5) is 47.8. The van der Waals surface area contributed by atoms with Gasteiger partial charge in [0.25, 0.3) is 5.91 Å². The lowest BCUT2D eigenvalue weighted by Gasteiger charge is -2.31. The average molecular weight is 668 g/mol. The molecule has 2 aliphatic carbocycles. The number of fused-ring (bicyclic) bond motifs is 3. The number of benzene rings is 1. The summed E-state index contributed by atoms with van der Waals surface area (Å²) in [6, 6.07) is 5.58. The van der Waals surface area contributed by atoms with Gasteiger partial charge in [-0.15, -0.1) is 0 Å². The van der Waals surface area contributed by atoms with Crippen LogP contribution in [-0.2, 0) is 24.4 Å². The molecular weight excluding hydrogens is 622 g/mol. The molecule has 0 spiro atoms. The second-order valence-corrected chi connectivity index (χ2v) is 15.6. The topological polar surface area (TPSA) is 170 Å². The number of allylic oxidation sites excluding steroid dienone is 1.